The Labute approximate surface area is 132 Å². The quantitative estimate of drug-likeness (QED) is 0.586. The van der Waals surface area contributed by atoms with E-state index in [4.69, 9.17) is 9.47 Å². The van der Waals surface area contributed by atoms with Crippen molar-refractivity contribution in [2.75, 3.05) is 13.7 Å². The number of nitro benzene ring substituents is 1. The number of sulfonamides is 1. The number of ether oxygens (including phenoxy) is 2. The molecule has 0 amide bonds. The molecular formula is C13H17FN2O6S. The molecule has 0 bridgehead atoms. The van der Waals surface area contributed by atoms with Crippen LogP contribution in [0.3, 0.4) is 0 Å². The van der Waals surface area contributed by atoms with E-state index in [0.29, 0.717) is 13.0 Å². The minimum atomic E-state index is -4.27. The summed E-state index contributed by atoms with van der Waals surface area (Å²) >= 11 is 0. The first kappa shape index (κ1) is 17.7. The summed E-state index contributed by atoms with van der Waals surface area (Å²) in [5.41, 5.74) is -1.07. The molecule has 0 aliphatic heterocycles. The van der Waals surface area contributed by atoms with Crippen LogP contribution in [-0.2, 0) is 19.5 Å². The highest BCUT2D eigenvalue weighted by Gasteiger charge is 2.45. The second kappa shape index (κ2) is 6.87. The predicted octanol–water partition coefficient (Wildman–Crippen LogP) is 1.20. The number of rotatable bonds is 7. The van der Waals surface area contributed by atoms with E-state index in [1.807, 2.05) is 0 Å². The molecule has 8 nitrogen and oxygen atoms in total. The minimum Gasteiger partial charge on any atom is -0.377 e. The van der Waals surface area contributed by atoms with Crippen molar-refractivity contribution in [3.05, 3.63) is 34.1 Å². The van der Waals surface area contributed by atoms with Crippen molar-refractivity contribution < 1.29 is 27.2 Å². The van der Waals surface area contributed by atoms with Crippen LogP contribution in [0.2, 0.25) is 0 Å². The zero-order valence-corrected chi connectivity index (χ0v) is 13.4. The average molecular weight is 348 g/mol. The molecule has 128 valence electrons. The smallest absolute Gasteiger partial charge is 0.324 e. The molecule has 3 unspecified atom stereocenters. The third kappa shape index (κ3) is 3.50. The Hall–Kier alpha value is -1.62. The number of hydrogen-bond donors (Lipinski definition) is 1. The van der Waals surface area contributed by atoms with Crippen LogP contribution in [0.25, 0.3) is 0 Å². The van der Waals surface area contributed by atoms with Crippen LogP contribution >= 0.6 is 0 Å². The summed E-state index contributed by atoms with van der Waals surface area (Å²) in [6.45, 7) is 2.26. The number of methoxy groups -OCH3 is 1. The van der Waals surface area contributed by atoms with Gasteiger partial charge in [-0.25, -0.2) is 13.1 Å². The monoisotopic (exact) mass is 348 g/mol. The zero-order chi connectivity index (χ0) is 17.2. The van der Waals surface area contributed by atoms with E-state index in [1.54, 1.807) is 6.92 Å². The number of nitrogens with zero attached hydrogens (tertiary/aromatic N) is 1. The summed E-state index contributed by atoms with van der Waals surface area (Å²) in [4.78, 5) is 9.18. The third-order valence-electron chi connectivity index (χ3n) is 3.63. The number of para-hydroxylation sites is 1. The van der Waals surface area contributed by atoms with E-state index in [-0.39, 0.29) is 6.10 Å². The van der Waals surface area contributed by atoms with Crippen LogP contribution in [0.5, 0.6) is 0 Å². The summed E-state index contributed by atoms with van der Waals surface area (Å²) in [6, 6.07) is 2.34. The van der Waals surface area contributed by atoms with Gasteiger partial charge in [-0.2, -0.15) is 4.39 Å². The number of benzene rings is 1. The molecule has 0 heterocycles. The zero-order valence-electron chi connectivity index (χ0n) is 12.6. The lowest BCUT2D eigenvalue weighted by Crippen LogP contribution is -2.60. The van der Waals surface area contributed by atoms with E-state index < -0.39 is 43.5 Å². The Bertz CT molecular complexity index is 696. The Morgan fingerprint density at radius 3 is 2.74 bits per heavy atom. The van der Waals surface area contributed by atoms with Crippen molar-refractivity contribution >= 4 is 15.7 Å². The fourth-order valence-corrected chi connectivity index (χ4v) is 3.98. The highest BCUT2D eigenvalue weighted by molar-refractivity contribution is 7.89. The highest BCUT2D eigenvalue weighted by Crippen LogP contribution is 2.31. The summed E-state index contributed by atoms with van der Waals surface area (Å²) in [5, 5.41) is 10.9. The van der Waals surface area contributed by atoms with Gasteiger partial charge in [0.1, 0.15) is 0 Å². The fourth-order valence-electron chi connectivity index (χ4n) is 2.54. The van der Waals surface area contributed by atoms with E-state index in [1.165, 1.54) is 7.11 Å². The molecule has 1 fully saturated rings. The molecule has 0 aromatic heterocycles. The Morgan fingerprint density at radius 2 is 2.17 bits per heavy atom. The number of halogens is 1. The average Bonchev–Trinajstić information content (AvgIpc) is 2.45. The van der Waals surface area contributed by atoms with E-state index in [0.717, 1.165) is 18.2 Å². The van der Waals surface area contributed by atoms with Crippen LogP contribution in [0, 0.1) is 15.9 Å². The summed E-state index contributed by atoms with van der Waals surface area (Å²) in [7, 11) is -2.85. The number of nitro groups is 1. The van der Waals surface area contributed by atoms with Gasteiger partial charge < -0.3 is 9.47 Å². The largest absolute Gasteiger partial charge is 0.377 e. The topological polar surface area (TPSA) is 108 Å². The molecule has 1 N–H and O–H groups in total. The predicted molar refractivity (Wildman–Crippen MR) is 78.0 cm³/mol. The maximum absolute atomic E-state index is 13.6. The van der Waals surface area contributed by atoms with Gasteiger partial charge in [0.2, 0.25) is 15.8 Å². The number of hydrogen-bond acceptors (Lipinski definition) is 6. The number of nitrogens with one attached hydrogen (secondary N) is 1. The van der Waals surface area contributed by atoms with E-state index >= 15 is 0 Å². The van der Waals surface area contributed by atoms with Crippen molar-refractivity contribution in [3.63, 3.8) is 0 Å². The van der Waals surface area contributed by atoms with Crippen LogP contribution in [-0.4, -0.2) is 45.3 Å². The normalized spacial score (nSPS) is 24.2. The van der Waals surface area contributed by atoms with Crippen LogP contribution in [0.1, 0.15) is 13.3 Å². The third-order valence-corrected chi connectivity index (χ3v) is 5.15. The first-order chi connectivity index (χ1) is 10.8. The Morgan fingerprint density at radius 1 is 1.48 bits per heavy atom. The van der Waals surface area contributed by atoms with Crippen LogP contribution < -0.4 is 4.72 Å². The molecule has 0 saturated heterocycles. The summed E-state index contributed by atoms with van der Waals surface area (Å²) < 4.78 is 51.2. The van der Waals surface area contributed by atoms with Gasteiger partial charge in [0.15, 0.2) is 4.90 Å². The Balaban J connectivity index is 2.24. The van der Waals surface area contributed by atoms with Crippen molar-refractivity contribution in [2.45, 2.75) is 36.5 Å². The fraction of sp³-hybridized carbons (Fsp3) is 0.538. The summed E-state index contributed by atoms with van der Waals surface area (Å²) in [6.07, 6.45) is -0.383. The molecule has 1 saturated carbocycles. The second-order valence-corrected chi connectivity index (χ2v) is 6.68. The molecule has 0 spiro atoms. The Kier molecular flexibility index (Phi) is 5.30. The second-order valence-electron chi connectivity index (χ2n) is 5.00. The van der Waals surface area contributed by atoms with Crippen LogP contribution in [0.4, 0.5) is 10.1 Å². The molecule has 3 atom stereocenters. The first-order valence-corrected chi connectivity index (χ1v) is 8.39. The molecule has 2 rings (SSSR count). The van der Waals surface area contributed by atoms with Gasteiger partial charge in [-0.15, -0.1) is 0 Å². The van der Waals surface area contributed by atoms with Crippen molar-refractivity contribution in [2.24, 2.45) is 0 Å². The molecule has 10 heteroatoms. The van der Waals surface area contributed by atoms with Gasteiger partial charge in [-0.1, -0.05) is 6.07 Å². The molecule has 1 aromatic rings. The highest BCUT2D eigenvalue weighted by atomic mass is 32.2. The molecular weight excluding hydrogens is 331 g/mol. The lowest BCUT2D eigenvalue weighted by atomic mass is 9.86. The van der Waals surface area contributed by atoms with Gasteiger partial charge in [0, 0.05) is 13.7 Å². The summed E-state index contributed by atoms with van der Waals surface area (Å²) in [5.74, 6) is -1.21. The van der Waals surface area contributed by atoms with Gasteiger partial charge >= 0.3 is 5.69 Å². The van der Waals surface area contributed by atoms with Gasteiger partial charge in [0.25, 0.3) is 0 Å². The maximum atomic E-state index is 13.6. The lowest BCUT2D eigenvalue weighted by Gasteiger charge is -2.42. The van der Waals surface area contributed by atoms with Gasteiger partial charge in [-0.05, 0) is 25.5 Å². The van der Waals surface area contributed by atoms with E-state index in [9.17, 15) is 22.9 Å². The van der Waals surface area contributed by atoms with E-state index in [2.05, 4.69) is 4.72 Å². The SMILES string of the molecule is CCOC1CC(NS(=O)(=O)c2cccc(F)c2[N+](=O)[O-])C1OC. The van der Waals surface area contributed by atoms with Gasteiger partial charge in [0.05, 0.1) is 23.2 Å². The minimum absolute atomic E-state index is 0.250. The molecule has 1 aliphatic carbocycles. The van der Waals surface area contributed by atoms with Crippen molar-refractivity contribution in [1.82, 2.24) is 4.72 Å². The van der Waals surface area contributed by atoms with Crippen LogP contribution in [0.15, 0.2) is 23.1 Å². The molecule has 1 aliphatic rings. The standard InChI is InChI=1S/C13H17FN2O6S/c1-3-22-10-7-9(13(10)21-2)15-23(19,20)11-6-4-5-8(14)12(11)16(17)18/h4-6,9-10,13,15H,3,7H2,1-2H3. The maximum Gasteiger partial charge on any atom is 0.324 e. The molecule has 0 radical (unpaired) electrons. The first-order valence-electron chi connectivity index (χ1n) is 6.91. The lowest BCUT2D eigenvalue weighted by molar-refractivity contribution is -0.390. The van der Waals surface area contributed by atoms with Crippen molar-refractivity contribution in [1.29, 1.82) is 0 Å². The van der Waals surface area contributed by atoms with Gasteiger partial charge in [-0.3, -0.25) is 10.1 Å². The van der Waals surface area contributed by atoms with Crippen molar-refractivity contribution in [3.8, 4) is 0 Å². The molecule has 23 heavy (non-hydrogen) atoms. The molecule has 1 aromatic carbocycles.